The Morgan fingerprint density at radius 3 is 3.19 bits per heavy atom. The molecule has 0 aliphatic carbocycles. The van der Waals surface area contributed by atoms with E-state index < -0.39 is 0 Å². The maximum Gasteiger partial charge on any atom is 0.252 e. The molecule has 0 aliphatic heterocycles. The van der Waals surface area contributed by atoms with Gasteiger partial charge >= 0.3 is 0 Å². The molecule has 0 spiro atoms. The summed E-state index contributed by atoms with van der Waals surface area (Å²) in [6, 6.07) is 1.91. The third kappa shape index (κ3) is 2.70. The fourth-order valence-corrected chi connectivity index (χ4v) is 2.09. The van der Waals surface area contributed by atoms with E-state index in [9.17, 15) is 4.79 Å². The predicted molar refractivity (Wildman–Crippen MR) is 63.5 cm³/mol. The zero-order valence-electron chi connectivity index (χ0n) is 8.96. The standard InChI is InChI=1S/C11H13N3OS/c1-9(6-14-4-3-12-8-14)13-11(15)10-2-5-16-7-10/h2-5,7-9H,6H2,1H3,(H,13,15)/t9-/m0/s1. The van der Waals surface area contributed by atoms with Crippen LogP contribution in [0, 0.1) is 0 Å². The number of carbonyl (C=O) groups excluding carboxylic acids is 1. The highest BCUT2D eigenvalue weighted by Gasteiger charge is 2.09. The van der Waals surface area contributed by atoms with Crippen molar-refractivity contribution in [3.8, 4) is 0 Å². The molecule has 2 heterocycles. The number of nitrogens with one attached hydrogen (secondary N) is 1. The van der Waals surface area contributed by atoms with Crippen molar-refractivity contribution in [1.29, 1.82) is 0 Å². The summed E-state index contributed by atoms with van der Waals surface area (Å²) in [4.78, 5) is 15.7. The highest BCUT2D eigenvalue weighted by atomic mass is 32.1. The Balaban J connectivity index is 1.88. The minimum Gasteiger partial charge on any atom is -0.348 e. The molecule has 2 rings (SSSR count). The summed E-state index contributed by atoms with van der Waals surface area (Å²) in [6.45, 7) is 2.71. The number of thiophene rings is 1. The van der Waals surface area contributed by atoms with Gasteiger partial charge in [0.1, 0.15) is 0 Å². The Morgan fingerprint density at radius 2 is 2.56 bits per heavy atom. The van der Waals surface area contributed by atoms with E-state index >= 15 is 0 Å². The number of imidazole rings is 1. The largest absolute Gasteiger partial charge is 0.348 e. The van der Waals surface area contributed by atoms with Crippen molar-refractivity contribution in [3.05, 3.63) is 41.1 Å². The van der Waals surface area contributed by atoms with Gasteiger partial charge in [-0.05, 0) is 18.4 Å². The minimum absolute atomic E-state index is 0.0196. The quantitative estimate of drug-likeness (QED) is 0.877. The number of hydrogen-bond acceptors (Lipinski definition) is 3. The Kier molecular flexibility index (Phi) is 3.36. The Hall–Kier alpha value is -1.62. The van der Waals surface area contributed by atoms with Crippen LogP contribution in [-0.4, -0.2) is 21.5 Å². The lowest BCUT2D eigenvalue weighted by Crippen LogP contribution is -2.35. The fraction of sp³-hybridized carbons (Fsp3) is 0.273. The van der Waals surface area contributed by atoms with Gasteiger partial charge in [0.15, 0.2) is 0 Å². The molecule has 0 aliphatic rings. The highest BCUT2D eigenvalue weighted by Crippen LogP contribution is 2.06. The lowest BCUT2D eigenvalue weighted by atomic mass is 10.2. The van der Waals surface area contributed by atoms with Gasteiger partial charge in [0.2, 0.25) is 0 Å². The first-order valence-corrected chi connectivity index (χ1v) is 5.99. The van der Waals surface area contributed by atoms with Crippen LogP contribution in [0.5, 0.6) is 0 Å². The van der Waals surface area contributed by atoms with Gasteiger partial charge in [-0.15, -0.1) is 0 Å². The van der Waals surface area contributed by atoms with Gasteiger partial charge in [0.25, 0.3) is 5.91 Å². The number of nitrogens with zero attached hydrogens (tertiary/aromatic N) is 2. The Labute approximate surface area is 97.9 Å². The number of carbonyl (C=O) groups is 1. The van der Waals surface area contributed by atoms with Gasteiger partial charge in [-0.1, -0.05) is 0 Å². The monoisotopic (exact) mass is 235 g/mol. The molecule has 5 heteroatoms. The number of hydrogen-bond donors (Lipinski definition) is 1. The lowest BCUT2D eigenvalue weighted by molar-refractivity contribution is 0.0937. The summed E-state index contributed by atoms with van der Waals surface area (Å²) in [6.07, 6.45) is 5.36. The van der Waals surface area contributed by atoms with Crippen LogP contribution in [0.1, 0.15) is 17.3 Å². The van der Waals surface area contributed by atoms with Crippen molar-refractivity contribution in [2.45, 2.75) is 19.5 Å². The van der Waals surface area contributed by atoms with E-state index in [0.717, 1.165) is 12.1 Å². The normalized spacial score (nSPS) is 12.3. The first-order chi connectivity index (χ1) is 7.75. The molecule has 16 heavy (non-hydrogen) atoms. The molecule has 0 bridgehead atoms. The predicted octanol–water partition coefficient (Wildman–Crippen LogP) is 1.76. The van der Waals surface area contributed by atoms with Crippen LogP contribution < -0.4 is 5.32 Å². The van der Waals surface area contributed by atoms with Gasteiger partial charge in [0, 0.05) is 35.9 Å². The molecule has 0 aromatic carbocycles. The molecule has 84 valence electrons. The van der Waals surface area contributed by atoms with Crippen LogP contribution in [0.3, 0.4) is 0 Å². The Morgan fingerprint density at radius 1 is 1.69 bits per heavy atom. The molecule has 1 amide bonds. The minimum atomic E-state index is -0.0196. The lowest BCUT2D eigenvalue weighted by Gasteiger charge is -2.13. The smallest absolute Gasteiger partial charge is 0.252 e. The fourth-order valence-electron chi connectivity index (χ4n) is 1.46. The second-order valence-electron chi connectivity index (χ2n) is 3.65. The molecule has 0 unspecified atom stereocenters. The third-order valence-corrected chi connectivity index (χ3v) is 2.89. The second kappa shape index (κ2) is 4.94. The maximum absolute atomic E-state index is 11.7. The zero-order chi connectivity index (χ0) is 11.4. The van der Waals surface area contributed by atoms with E-state index in [1.165, 1.54) is 11.3 Å². The summed E-state index contributed by atoms with van der Waals surface area (Å²) < 4.78 is 1.94. The molecule has 0 fully saturated rings. The van der Waals surface area contributed by atoms with Crippen molar-refractivity contribution in [3.63, 3.8) is 0 Å². The molecule has 4 nitrogen and oxygen atoms in total. The van der Waals surface area contributed by atoms with E-state index in [0.29, 0.717) is 0 Å². The molecular formula is C11H13N3OS. The zero-order valence-corrected chi connectivity index (χ0v) is 9.78. The molecule has 1 N–H and O–H groups in total. The third-order valence-electron chi connectivity index (χ3n) is 2.20. The van der Waals surface area contributed by atoms with E-state index in [-0.39, 0.29) is 11.9 Å². The average Bonchev–Trinajstić information content (AvgIpc) is 2.88. The molecular weight excluding hydrogens is 222 g/mol. The first kappa shape index (κ1) is 10.9. The molecule has 0 radical (unpaired) electrons. The van der Waals surface area contributed by atoms with Crippen LogP contribution in [0.25, 0.3) is 0 Å². The molecule has 1 atom stereocenters. The summed E-state index contributed by atoms with van der Waals surface area (Å²) in [5.41, 5.74) is 0.725. The van der Waals surface area contributed by atoms with Gasteiger partial charge in [-0.3, -0.25) is 4.79 Å². The van der Waals surface area contributed by atoms with Crippen LogP contribution >= 0.6 is 11.3 Å². The van der Waals surface area contributed by atoms with E-state index in [4.69, 9.17) is 0 Å². The molecule has 0 saturated heterocycles. The highest BCUT2D eigenvalue weighted by molar-refractivity contribution is 7.08. The van der Waals surface area contributed by atoms with Crippen molar-refractivity contribution in [2.75, 3.05) is 0 Å². The first-order valence-electron chi connectivity index (χ1n) is 5.04. The van der Waals surface area contributed by atoms with Crippen molar-refractivity contribution >= 4 is 17.2 Å². The van der Waals surface area contributed by atoms with Crippen LogP contribution in [0.15, 0.2) is 35.5 Å². The van der Waals surface area contributed by atoms with Gasteiger partial charge in [-0.2, -0.15) is 11.3 Å². The van der Waals surface area contributed by atoms with E-state index in [1.54, 1.807) is 12.5 Å². The summed E-state index contributed by atoms with van der Waals surface area (Å²) in [5.74, 6) is -0.0196. The molecule has 2 aromatic heterocycles. The average molecular weight is 235 g/mol. The van der Waals surface area contributed by atoms with E-state index in [2.05, 4.69) is 10.3 Å². The second-order valence-corrected chi connectivity index (χ2v) is 4.43. The summed E-state index contributed by atoms with van der Waals surface area (Å²) >= 11 is 1.52. The topological polar surface area (TPSA) is 46.9 Å². The van der Waals surface area contributed by atoms with Crippen LogP contribution in [0.2, 0.25) is 0 Å². The number of rotatable bonds is 4. The van der Waals surface area contributed by atoms with Crippen molar-refractivity contribution in [1.82, 2.24) is 14.9 Å². The van der Waals surface area contributed by atoms with Crippen molar-refractivity contribution in [2.24, 2.45) is 0 Å². The molecule has 2 aromatic rings. The summed E-state index contributed by atoms with van der Waals surface area (Å²) in [5, 5.41) is 6.68. The summed E-state index contributed by atoms with van der Waals surface area (Å²) in [7, 11) is 0. The number of amides is 1. The van der Waals surface area contributed by atoms with Gasteiger partial charge in [-0.25, -0.2) is 4.98 Å². The van der Waals surface area contributed by atoms with Crippen LogP contribution in [0.4, 0.5) is 0 Å². The Bertz CT molecular complexity index is 436. The van der Waals surface area contributed by atoms with Crippen molar-refractivity contribution < 1.29 is 4.79 Å². The van der Waals surface area contributed by atoms with Gasteiger partial charge in [0.05, 0.1) is 6.33 Å². The van der Waals surface area contributed by atoms with Gasteiger partial charge < -0.3 is 9.88 Å². The maximum atomic E-state index is 11.7. The number of aromatic nitrogens is 2. The SMILES string of the molecule is C[C@@H](Cn1ccnc1)NC(=O)c1ccsc1. The van der Waals surface area contributed by atoms with Crippen LogP contribution in [-0.2, 0) is 6.54 Å². The van der Waals surface area contributed by atoms with E-state index in [1.807, 2.05) is 34.5 Å². The molecule has 0 saturated carbocycles.